The Morgan fingerprint density at radius 2 is 1.82 bits per heavy atom. The summed E-state index contributed by atoms with van der Waals surface area (Å²) >= 11 is 0. The Morgan fingerprint density at radius 3 is 2.50 bits per heavy atom. The SMILES string of the molecule is CCOc1cc(C=NNC(=O)COc2ccc(C)cc2)ccc1OCC(C)C. The second-order valence-corrected chi connectivity index (χ2v) is 6.74. The van der Waals surface area contributed by atoms with Gasteiger partial charge in [-0.1, -0.05) is 31.5 Å². The minimum atomic E-state index is -0.334. The Hall–Kier alpha value is -3.02. The molecule has 1 N–H and O–H groups in total. The predicted octanol–water partition coefficient (Wildman–Crippen LogP) is 3.96. The fraction of sp³-hybridized carbons (Fsp3) is 0.364. The molecule has 150 valence electrons. The van der Waals surface area contributed by atoms with Gasteiger partial charge in [-0.3, -0.25) is 4.79 Å². The van der Waals surface area contributed by atoms with Gasteiger partial charge < -0.3 is 14.2 Å². The quantitative estimate of drug-likeness (QED) is 0.497. The van der Waals surface area contributed by atoms with Crippen molar-refractivity contribution >= 4 is 12.1 Å². The van der Waals surface area contributed by atoms with Crippen LogP contribution in [0.25, 0.3) is 0 Å². The van der Waals surface area contributed by atoms with Crippen molar-refractivity contribution in [2.24, 2.45) is 11.0 Å². The second-order valence-electron chi connectivity index (χ2n) is 6.74. The number of nitrogens with zero attached hydrogens (tertiary/aromatic N) is 1. The molecule has 2 aromatic rings. The summed E-state index contributed by atoms with van der Waals surface area (Å²) in [6, 6.07) is 13.0. The van der Waals surface area contributed by atoms with E-state index in [2.05, 4.69) is 24.4 Å². The standard InChI is InChI=1S/C22H28N2O4/c1-5-26-21-12-18(8-11-20(21)28-14-16(2)3)13-23-24-22(25)15-27-19-9-6-17(4)7-10-19/h6-13,16H,5,14-15H2,1-4H3,(H,24,25). The molecule has 0 radical (unpaired) electrons. The molecule has 6 nitrogen and oxygen atoms in total. The van der Waals surface area contributed by atoms with Crippen LogP contribution in [0.1, 0.15) is 31.9 Å². The van der Waals surface area contributed by atoms with Gasteiger partial charge in [0.1, 0.15) is 5.75 Å². The monoisotopic (exact) mass is 384 g/mol. The van der Waals surface area contributed by atoms with Gasteiger partial charge in [0, 0.05) is 0 Å². The highest BCUT2D eigenvalue weighted by atomic mass is 16.5. The van der Waals surface area contributed by atoms with Crippen LogP contribution < -0.4 is 19.6 Å². The summed E-state index contributed by atoms with van der Waals surface area (Å²) in [5, 5.41) is 3.97. The summed E-state index contributed by atoms with van der Waals surface area (Å²) in [6.45, 7) is 9.13. The smallest absolute Gasteiger partial charge is 0.277 e. The van der Waals surface area contributed by atoms with Crippen molar-refractivity contribution in [3.8, 4) is 17.2 Å². The lowest BCUT2D eigenvalue weighted by Gasteiger charge is -2.13. The summed E-state index contributed by atoms with van der Waals surface area (Å²) in [4.78, 5) is 11.9. The van der Waals surface area contributed by atoms with Crippen molar-refractivity contribution in [2.75, 3.05) is 19.8 Å². The Balaban J connectivity index is 1.88. The molecule has 2 rings (SSSR count). The molecule has 0 fully saturated rings. The Morgan fingerprint density at radius 1 is 1.07 bits per heavy atom. The van der Waals surface area contributed by atoms with Crippen LogP contribution in [0.4, 0.5) is 0 Å². The Kier molecular flexibility index (Phi) is 8.34. The molecule has 0 heterocycles. The van der Waals surface area contributed by atoms with Crippen LogP contribution in [0.3, 0.4) is 0 Å². The topological polar surface area (TPSA) is 69.2 Å². The van der Waals surface area contributed by atoms with E-state index in [-0.39, 0.29) is 12.5 Å². The molecule has 6 heteroatoms. The predicted molar refractivity (Wildman–Crippen MR) is 110 cm³/mol. The molecule has 0 aromatic heterocycles. The summed E-state index contributed by atoms with van der Waals surface area (Å²) in [7, 11) is 0. The van der Waals surface area contributed by atoms with E-state index in [9.17, 15) is 4.79 Å². The van der Waals surface area contributed by atoms with Gasteiger partial charge in [0.05, 0.1) is 19.4 Å². The maximum absolute atomic E-state index is 11.9. The molecule has 2 aromatic carbocycles. The Labute approximate surface area is 166 Å². The first-order chi connectivity index (χ1) is 13.5. The zero-order valence-electron chi connectivity index (χ0n) is 16.9. The van der Waals surface area contributed by atoms with Crippen molar-refractivity contribution in [1.29, 1.82) is 0 Å². The van der Waals surface area contributed by atoms with Crippen molar-refractivity contribution in [2.45, 2.75) is 27.7 Å². The summed E-state index contributed by atoms with van der Waals surface area (Å²) in [5.41, 5.74) is 4.38. The number of rotatable bonds is 10. The number of carbonyl (C=O) groups is 1. The lowest BCUT2D eigenvalue weighted by molar-refractivity contribution is -0.123. The molecule has 0 aliphatic heterocycles. The number of amides is 1. The number of nitrogens with one attached hydrogen (secondary N) is 1. The van der Waals surface area contributed by atoms with Gasteiger partial charge in [0.2, 0.25) is 0 Å². The first kappa shape index (κ1) is 21.3. The van der Waals surface area contributed by atoms with E-state index in [4.69, 9.17) is 14.2 Å². The number of hydrogen-bond donors (Lipinski definition) is 1. The molecule has 1 amide bonds. The molecule has 0 spiro atoms. The van der Waals surface area contributed by atoms with Crippen LogP contribution in [0.15, 0.2) is 47.6 Å². The van der Waals surface area contributed by atoms with Crippen LogP contribution in [-0.2, 0) is 4.79 Å². The van der Waals surface area contributed by atoms with Crippen molar-refractivity contribution in [3.63, 3.8) is 0 Å². The minimum Gasteiger partial charge on any atom is -0.490 e. The summed E-state index contributed by atoms with van der Waals surface area (Å²) in [5.74, 6) is 2.08. The number of hydrazone groups is 1. The summed E-state index contributed by atoms with van der Waals surface area (Å²) < 4.78 is 16.8. The van der Waals surface area contributed by atoms with Crippen LogP contribution in [0.5, 0.6) is 17.2 Å². The summed E-state index contributed by atoms with van der Waals surface area (Å²) in [6.07, 6.45) is 1.55. The van der Waals surface area contributed by atoms with Crippen LogP contribution in [0, 0.1) is 12.8 Å². The molecule has 0 unspecified atom stereocenters. The first-order valence-corrected chi connectivity index (χ1v) is 9.39. The molecule has 28 heavy (non-hydrogen) atoms. The normalized spacial score (nSPS) is 10.9. The van der Waals surface area contributed by atoms with Crippen LogP contribution >= 0.6 is 0 Å². The van der Waals surface area contributed by atoms with E-state index in [1.54, 1.807) is 6.21 Å². The zero-order chi connectivity index (χ0) is 20.4. The first-order valence-electron chi connectivity index (χ1n) is 9.39. The Bertz CT molecular complexity index is 786. The van der Waals surface area contributed by atoms with Crippen molar-refractivity contribution in [3.05, 3.63) is 53.6 Å². The molecular weight excluding hydrogens is 356 g/mol. The maximum atomic E-state index is 11.9. The van der Waals surface area contributed by atoms with Gasteiger partial charge in [-0.15, -0.1) is 0 Å². The fourth-order valence-electron chi connectivity index (χ4n) is 2.24. The van der Waals surface area contributed by atoms with E-state index in [1.165, 1.54) is 0 Å². The number of hydrogen-bond acceptors (Lipinski definition) is 5. The number of ether oxygens (including phenoxy) is 3. The van der Waals surface area contributed by atoms with E-state index >= 15 is 0 Å². The van der Waals surface area contributed by atoms with Gasteiger partial charge in [0.25, 0.3) is 5.91 Å². The number of benzene rings is 2. The van der Waals surface area contributed by atoms with Gasteiger partial charge in [-0.2, -0.15) is 5.10 Å². The minimum absolute atomic E-state index is 0.105. The average molecular weight is 384 g/mol. The van der Waals surface area contributed by atoms with Gasteiger partial charge in [0.15, 0.2) is 18.1 Å². The molecule has 0 saturated heterocycles. The average Bonchev–Trinajstić information content (AvgIpc) is 2.67. The number of aryl methyl sites for hydroxylation is 1. The van der Waals surface area contributed by atoms with Gasteiger partial charge in [-0.25, -0.2) is 5.43 Å². The molecular formula is C22H28N2O4. The number of carbonyl (C=O) groups excluding carboxylic acids is 1. The third-order valence-electron chi connectivity index (χ3n) is 3.63. The van der Waals surface area contributed by atoms with E-state index in [0.29, 0.717) is 36.4 Å². The van der Waals surface area contributed by atoms with Gasteiger partial charge in [-0.05, 0) is 55.7 Å². The van der Waals surface area contributed by atoms with E-state index in [0.717, 1.165) is 11.1 Å². The van der Waals surface area contributed by atoms with Crippen molar-refractivity contribution < 1.29 is 19.0 Å². The van der Waals surface area contributed by atoms with Crippen LogP contribution in [0.2, 0.25) is 0 Å². The zero-order valence-corrected chi connectivity index (χ0v) is 16.9. The lowest BCUT2D eigenvalue weighted by atomic mass is 10.2. The fourth-order valence-corrected chi connectivity index (χ4v) is 2.24. The van der Waals surface area contributed by atoms with Crippen LogP contribution in [-0.4, -0.2) is 31.9 Å². The largest absolute Gasteiger partial charge is 0.490 e. The molecule has 0 aliphatic carbocycles. The highest BCUT2D eigenvalue weighted by Crippen LogP contribution is 2.28. The van der Waals surface area contributed by atoms with E-state index in [1.807, 2.05) is 56.3 Å². The molecule has 0 atom stereocenters. The van der Waals surface area contributed by atoms with Crippen molar-refractivity contribution in [1.82, 2.24) is 5.43 Å². The third kappa shape index (κ3) is 7.31. The van der Waals surface area contributed by atoms with Gasteiger partial charge >= 0.3 is 0 Å². The molecule has 0 saturated carbocycles. The van der Waals surface area contributed by atoms with E-state index < -0.39 is 0 Å². The maximum Gasteiger partial charge on any atom is 0.277 e. The second kappa shape index (κ2) is 11.0. The highest BCUT2D eigenvalue weighted by molar-refractivity contribution is 5.83. The lowest BCUT2D eigenvalue weighted by Crippen LogP contribution is -2.24. The molecule has 0 aliphatic rings. The molecule has 0 bridgehead atoms. The third-order valence-corrected chi connectivity index (χ3v) is 3.63. The highest BCUT2D eigenvalue weighted by Gasteiger charge is 2.07.